The maximum absolute atomic E-state index is 9.94. The predicted octanol–water partition coefficient (Wildman–Crippen LogP) is 3.64. The number of nitrogens with one attached hydrogen (secondary N) is 2. The van der Waals surface area contributed by atoms with Crippen molar-refractivity contribution in [3.63, 3.8) is 0 Å². The summed E-state index contributed by atoms with van der Waals surface area (Å²) in [6.07, 6.45) is 1.79. The number of rotatable bonds is 3. The number of nitrogens with zero attached hydrogens (tertiary/aromatic N) is 1. The molecule has 0 atom stereocenters. The number of aromatic amines is 1. The maximum atomic E-state index is 9.94. The van der Waals surface area contributed by atoms with Gasteiger partial charge < -0.3 is 10.4 Å². The molecular weight excluding hydrogens is 306 g/mol. The minimum absolute atomic E-state index is 0.273. The topological polar surface area (TPSA) is 60.9 Å². The normalized spacial score (nSPS) is 10.8. The van der Waals surface area contributed by atoms with Crippen LogP contribution in [0.4, 0.5) is 5.69 Å². The summed E-state index contributed by atoms with van der Waals surface area (Å²) in [6.45, 7) is 0.551. The largest absolute Gasteiger partial charge is 0.506 e. The van der Waals surface area contributed by atoms with Crippen LogP contribution < -0.4 is 5.32 Å². The lowest BCUT2D eigenvalue weighted by Crippen LogP contribution is -2.00. The highest BCUT2D eigenvalue weighted by molar-refractivity contribution is 9.10. The first kappa shape index (κ1) is 12.0. The zero-order valence-corrected chi connectivity index (χ0v) is 11.6. The predicted molar refractivity (Wildman–Crippen MR) is 79.2 cm³/mol. The molecule has 3 N–H and O–H groups in total. The summed E-state index contributed by atoms with van der Waals surface area (Å²) < 4.78 is 0.702. The molecule has 0 saturated heterocycles. The molecule has 5 heteroatoms. The molecule has 4 nitrogen and oxygen atoms in total. The van der Waals surface area contributed by atoms with Gasteiger partial charge in [-0.25, -0.2) is 0 Å². The zero-order valence-electron chi connectivity index (χ0n) is 10.0. The molecule has 19 heavy (non-hydrogen) atoms. The third kappa shape index (κ3) is 2.29. The van der Waals surface area contributed by atoms with Crippen molar-refractivity contribution in [3.8, 4) is 5.75 Å². The molecule has 0 aliphatic heterocycles. The minimum Gasteiger partial charge on any atom is -0.506 e. The van der Waals surface area contributed by atoms with Gasteiger partial charge in [-0.15, -0.1) is 0 Å². The van der Waals surface area contributed by atoms with Gasteiger partial charge in [-0.1, -0.05) is 18.2 Å². The number of benzene rings is 2. The summed E-state index contributed by atoms with van der Waals surface area (Å²) in [5, 5.41) is 21.3. The van der Waals surface area contributed by atoms with E-state index in [-0.39, 0.29) is 5.75 Å². The van der Waals surface area contributed by atoms with Gasteiger partial charge in [-0.3, -0.25) is 5.10 Å². The van der Waals surface area contributed by atoms with E-state index in [2.05, 4.69) is 31.4 Å². The van der Waals surface area contributed by atoms with E-state index in [0.717, 1.165) is 22.2 Å². The molecule has 1 aromatic heterocycles. The molecular formula is C14H12BrN3O. The lowest BCUT2D eigenvalue weighted by molar-refractivity contribution is 0.465. The summed E-state index contributed by atoms with van der Waals surface area (Å²) >= 11 is 3.31. The Bertz CT molecular complexity index is 724. The quantitative estimate of drug-likeness (QED) is 0.691. The Balaban J connectivity index is 1.86. The highest BCUT2D eigenvalue weighted by Crippen LogP contribution is 2.29. The molecule has 0 radical (unpaired) electrons. The van der Waals surface area contributed by atoms with E-state index in [9.17, 15) is 5.11 Å². The first-order chi connectivity index (χ1) is 9.25. The summed E-state index contributed by atoms with van der Waals surface area (Å²) in [4.78, 5) is 0. The molecule has 0 unspecified atom stereocenters. The van der Waals surface area contributed by atoms with Gasteiger partial charge in [0.25, 0.3) is 0 Å². The first-order valence-electron chi connectivity index (χ1n) is 5.88. The van der Waals surface area contributed by atoms with E-state index in [1.54, 1.807) is 6.20 Å². The number of phenolic OH excluding ortho intramolecular Hbond substituents is 1. The molecule has 0 amide bonds. The van der Waals surface area contributed by atoms with Gasteiger partial charge in [-0.05, 0) is 34.1 Å². The number of H-pyrrole nitrogens is 1. The van der Waals surface area contributed by atoms with Crippen LogP contribution >= 0.6 is 15.9 Å². The van der Waals surface area contributed by atoms with Crippen molar-refractivity contribution in [2.45, 2.75) is 6.54 Å². The number of halogens is 1. The fraction of sp³-hybridized carbons (Fsp3) is 0.0714. The van der Waals surface area contributed by atoms with Crippen LogP contribution in [0.25, 0.3) is 10.9 Å². The van der Waals surface area contributed by atoms with Crippen LogP contribution in [0.3, 0.4) is 0 Å². The lowest BCUT2D eigenvalue weighted by Gasteiger charge is -2.09. The van der Waals surface area contributed by atoms with E-state index in [0.29, 0.717) is 11.0 Å². The van der Waals surface area contributed by atoms with Crippen molar-refractivity contribution < 1.29 is 5.11 Å². The van der Waals surface area contributed by atoms with Crippen molar-refractivity contribution in [1.29, 1.82) is 0 Å². The molecule has 0 fully saturated rings. The number of anilines is 1. The number of fused-ring (bicyclic) bond motifs is 1. The van der Waals surface area contributed by atoms with Gasteiger partial charge in [0.1, 0.15) is 5.75 Å². The van der Waals surface area contributed by atoms with Crippen LogP contribution in [0, 0.1) is 0 Å². The van der Waals surface area contributed by atoms with Crippen LogP contribution in [0.15, 0.2) is 47.1 Å². The fourth-order valence-electron chi connectivity index (χ4n) is 2.02. The average Bonchev–Trinajstić information content (AvgIpc) is 2.89. The molecule has 2 aromatic carbocycles. The maximum Gasteiger partial charge on any atom is 0.134 e. The molecule has 3 aromatic rings. The number of aromatic hydroxyl groups is 1. The van der Waals surface area contributed by atoms with Crippen molar-refractivity contribution in [2.24, 2.45) is 0 Å². The zero-order chi connectivity index (χ0) is 13.2. The van der Waals surface area contributed by atoms with Crippen LogP contribution in [0.1, 0.15) is 5.56 Å². The van der Waals surface area contributed by atoms with Crippen molar-refractivity contribution in [2.75, 3.05) is 5.32 Å². The van der Waals surface area contributed by atoms with Gasteiger partial charge in [0, 0.05) is 23.2 Å². The van der Waals surface area contributed by atoms with E-state index >= 15 is 0 Å². The van der Waals surface area contributed by atoms with E-state index in [1.807, 2.05) is 36.4 Å². The Morgan fingerprint density at radius 2 is 2.05 bits per heavy atom. The summed E-state index contributed by atoms with van der Waals surface area (Å²) in [7, 11) is 0. The second kappa shape index (κ2) is 4.93. The van der Waals surface area contributed by atoms with Crippen molar-refractivity contribution in [3.05, 3.63) is 52.6 Å². The molecule has 1 heterocycles. The van der Waals surface area contributed by atoms with Crippen LogP contribution in [-0.2, 0) is 6.54 Å². The summed E-state index contributed by atoms with van der Waals surface area (Å²) in [5.41, 5.74) is 2.82. The minimum atomic E-state index is 0.273. The Labute approximate surface area is 118 Å². The first-order valence-corrected chi connectivity index (χ1v) is 6.67. The average molecular weight is 318 g/mol. The van der Waals surface area contributed by atoms with Crippen molar-refractivity contribution in [1.82, 2.24) is 10.2 Å². The number of para-hydroxylation sites is 1. The smallest absolute Gasteiger partial charge is 0.134 e. The summed E-state index contributed by atoms with van der Waals surface area (Å²) in [5.74, 6) is 0.273. The molecule has 0 aliphatic carbocycles. The Morgan fingerprint density at radius 3 is 2.95 bits per heavy atom. The van der Waals surface area contributed by atoms with Gasteiger partial charge >= 0.3 is 0 Å². The Morgan fingerprint density at radius 1 is 1.21 bits per heavy atom. The Kier molecular flexibility index (Phi) is 3.13. The highest BCUT2D eigenvalue weighted by Gasteiger charge is 2.06. The van der Waals surface area contributed by atoms with Gasteiger partial charge in [-0.2, -0.15) is 5.10 Å². The number of phenols is 1. The number of hydrogen-bond donors (Lipinski definition) is 3. The highest BCUT2D eigenvalue weighted by atomic mass is 79.9. The Hall–Kier alpha value is -2.01. The van der Waals surface area contributed by atoms with E-state index in [4.69, 9.17) is 0 Å². The molecule has 96 valence electrons. The van der Waals surface area contributed by atoms with E-state index in [1.165, 1.54) is 0 Å². The third-order valence-corrected chi connectivity index (χ3v) is 3.66. The second-order valence-corrected chi connectivity index (χ2v) is 5.09. The lowest BCUT2D eigenvalue weighted by atomic mass is 10.2. The standard InChI is InChI=1S/C14H12BrN3O/c15-11-4-1-3-9(14(11)19)7-16-12-5-2-6-13-10(12)8-17-18-13/h1-6,8,16,19H,7H2,(H,17,18). The number of hydrogen-bond acceptors (Lipinski definition) is 3. The molecule has 3 rings (SSSR count). The molecule has 0 spiro atoms. The van der Waals surface area contributed by atoms with Crippen LogP contribution in [0.5, 0.6) is 5.75 Å². The van der Waals surface area contributed by atoms with E-state index < -0.39 is 0 Å². The molecule has 0 aliphatic rings. The van der Waals surface area contributed by atoms with Gasteiger partial charge in [0.2, 0.25) is 0 Å². The van der Waals surface area contributed by atoms with Gasteiger partial charge in [0.05, 0.1) is 16.2 Å². The number of aromatic nitrogens is 2. The monoisotopic (exact) mass is 317 g/mol. The molecule has 0 saturated carbocycles. The third-order valence-electron chi connectivity index (χ3n) is 3.02. The van der Waals surface area contributed by atoms with Gasteiger partial charge in [0.15, 0.2) is 0 Å². The van der Waals surface area contributed by atoms with Crippen LogP contribution in [0.2, 0.25) is 0 Å². The van der Waals surface area contributed by atoms with Crippen molar-refractivity contribution >= 4 is 32.5 Å². The SMILES string of the molecule is Oc1c(Br)cccc1CNc1cccc2[nH]ncc12. The second-order valence-electron chi connectivity index (χ2n) is 4.24. The van der Waals surface area contributed by atoms with Crippen LogP contribution in [-0.4, -0.2) is 15.3 Å². The fourth-order valence-corrected chi connectivity index (χ4v) is 2.42. The molecule has 0 bridgehead atoms. The summed E-state index contributed by atoms with van der Waals surface area (Å²) in [6, 6.07) is 11.5.